The van der Waals surface area contributed by atoms with Gasteiger partial charge in [-0.2, -0.15) is 0 Å². The molecule has 1 rings (SSSR count). The number of rotatable bonds is 9. The zero-order valence-electron chi connectivity index (χ0n) is 13.1. The number of aliphatic carboxylic acids is 1. The fourth-order valence-corrected chi connectivity index (χ4v) is 4.80. The van der Waals surface area contributed by atoms with Crippen molar-refractivity contribution in [3.8, 4) is 17.6 Å². The van der Waals surface area contributed by atoms with Crippen molar-refractivity contribution in [3.63, 3.8) is 0 Å². The van der Waals surface area contributed by atoms with Crippen LogP contribution in [0.5, 0.6) is 5.75 Å². The van der Waals surface area contributed by atoms with Crippen molar-refractivity contribution in [1.82, 2.24) is 5.32 Å². The van der Waals surface area contributed by atoms with Gasteiger partial charge in [-0.15, -0.1) is 0 Å². The summed E-state index contributed by atoms with van der Waals surface area (Å²) < 4.78 is 33.6. The zero-order chi connectivity index (χ0) is 18.2. The maximum atomic E-state index is 14.4. The number of carboxylic acids is 1. The Morgan fingerprint density at radius 1 is 1.46 bits per heavy atom. The number of nitrogens with one attached hydrogen (secondary N) is 1. The Balaban J connectivity index is 2.93. The first kappa shape index (κ1) is 21.5. The molecule has 1 aromatic carbocycles. The van der Waals surface area contributed by atoms with E-state index in [1.807, 2.05) is 6.26 Å². The molecule has 0 aliphatic rings. The first-order chi connectivity index (χ1) is 11.3. The number of benzene rings is 1. The van der Waals surface area contributed by atoms with Gasteiger partial charge in [0.25, 0.3) is 0 Å². The molecule has 0 bridgehead atoms. The van der Waals surface area contributed by atoms with E-state index in [9.17, 15) is 13.6 Å². The van der Waals surface area contributed by atoms with Gasteiger partial charge in [0, 0.05) is 0 Å². The molecule has 1 aromatic rings. The first-order valence-corrected chi connectivity index (χ1v) is 14.5. The van der Waals surface area contributed by atoms with Gasteiger partial charge in [0.1, 0.15) is 0 Å². The SMILES string of the molecule is CC#C[C@H](N[C@@H](C[S][Tl])C(=O)O)C(F)(F)Oc1ccc(SC)cc1. The molecule has 0 amide bonds. The standard InChI is InChI=1S/C15H17F2NO3S2.Tl/c1-3-4-13(18-12(9-22)14(19)20)15(16,17)21-10-5-7-11(23-2)8-6-10;/h5-8,12-13,18,22H,9H2,1-2H3,(H,19,20);/q;+1/p-1/t12-,13-;/m0./s1. The topological polar surface area (TPSA) is 58.6 Å². The molecular formula is C15H16F2NO3S2Tl. The van der Waals surface area contributed by atoms with Crippen LogP contribution in [-0.4, -0.2) is 65.5 Å². The fraction of sp³-hybridized carbons (Fsp3) is 0.400. The average Bonchev–Trinajstić information content (AvgIpc) is 2.54. The van der Waals surface area contributed by atoms with Crippen LogP contribution >= 0.6 is 20.1 Å². The molecular weight excluding hydrogens is 549 g/mol. The molecule has 0 fully saturated rings. The van der Waals surface area contributed by atoms with Gasteiger partial charge in [-0.05, 0) is 6.26 Å². The second kappa shape index (κ2) is 10.5. The van der Waals surface area contributed by atoms with E-state index in [0.29, 0.717) is 24.3 Å². The van der Waals surface area contributed by atoms with E-state index in [0.717, 1.165) is 4.90 Å². The second-order valence-corrected chi connectivity index (χ2v) is 9.99. The third-order valence-electron chi connectivity index (χ3n) is 2.87. The van der Waals surface area contributed by atoms with Gasteiger partial charge in [-0.1, -0.05) is 0 Å². The third-order valence-corrected chi connectivity index (χ3v) is 6.38. The minimum absolute atomic E-state index is 0.00636. The number of halogens is 2. The van der Waals surface area contributed by atoms with Crippen LogP contribution in [-0.2, 0) is 4.79 Å². The Bertz CT molecular complexity index is 605. The van der Waals surface area contributed by atoms with Gasteiger partial charge >= 0.3 is 157 Å². The number of thioether (sulfide) groups is 1. The molecule has 9 heteroatoms. The molecule has 2 N–H and O–H groups in total. The summed E-state index contributed by atoms with van der Waals surface area (Å²) in [4.78, 5) is 12.1. The molecule has 0 spiro atoms. The molecule has 0 aliphatic carbocycles. The molecule has 4 nitrogen and oxygen atoms in total. The van der Waals surface area contributed by atoms with Crippen LogP contribution < -0.4 is 10.1 Å². The Morgan fingerprint density at radius 3 is 2.54 bits per heavy atom. The molecule has 0 unspecified atom stereocenters. The average molecular weight is 565 g/mol. The van der Waals surface area contributed by atoms with Gasteiger partial charge in [0.05, 0.1) is 0 Å². The maximum absolute atomic E-state index is 14.4. The van der Waals surface area contributed by atoms with Crippen LogP contribution in [0.2, 0.25) is 0 Å². The van der Waals surface area contributed by atoms with Crippen LogP contribution in [0.15, 0.2) is 29.2 Å². The van der Waals surface area contributed by atoms with Crippen molar-refractivity contribution < 1.29 is 23.4 Å². The number of carboxylic acid groups (broad SMARTS) is 1. The number of hydrogen-bond acceptors (Lipinski definition) is 5. The van der Waals surface area contributed by atoms with Crippen LogP contribution in [0.4, 0.5) is 8.78 Å². The summed E-state index contributed by atoms with van der Waals surface area (Å²) in [7, 11) is 1.40. The predicted octanol–water partition coefficient (Wildman–Crippen LogP) is 2.63. The first-order valence-electron chi connectivity index (χ1n) is 6.77. The third kappa shape index (κ3) is 6.78. The zero-order valence-corrected chi connectivity index (χ0v) is 19.2. The van der Waals surface area contributed by atoms with Gasteiger partial charge in [-0.3, -0.25) is 0 Å². The molecule has 0 saturated carbocycles. The van der Waals surface area contributed by atoms with E-state index >= 15 is 0 Å². The van der Waals surface area contributed by atoms with E-state index in [4.69, 9.17) is 9.84 Å². The van der Waals surface area contributed by atoms with E-state index in [1.165, 1.54) is 39.1 Å². The number of hydrogen-bond donors (Lipinski definition) is 2. The number of ether oxygens (including phenoxy) is 1. The molecule has 128 valence electrons. The molecule has 0 heterocycles. The summed E-state index contributed by atoms with van der Waals surface area (Å²) in [6.07, 6.45) is -1.79. The van der Waals surface area contributed by atoms with Gasteiger partial charge in [0.15, 0.2) is 0 Å². The van der Waals surface area contributed by atoms with Crippen molar-refractivity contribution in [3.05, 3.63) is 24.3 Å². The summed E-state index contributed by atoms with van der Waals surface area (Å²) in [5.74, 6) is 3.72. The van der Waals surface area contributed by atoms with E-state index in [-0.39, 0.29) is 11.5 Å². The Labute approximate surface area is 162 Å². The van der Waals surface area contributed by atoms with Crippen molar-refractivity contribution in [2.45, 2.75) is 30.0 Å². The Kier molecular flexibility index (Phi) is 9.40. The van der Waals surface area contributed by atoms with Gasteiger partial charge in [0.2, 0.25) is 0 Å². The van der Waals surface area contributed by atoms with E-state index in [2.05, 4.69) is 17.2 Å². The van der Waals surface area contributed by atoms with Crippen LogP contribution in [0.1, 0.15) is 6.92 Å². The van der Waals surface area contributed by atoms with Crippen molar-refractivity contribution in [1.29, 1.82) is 0 Å². The molecule has 0 radical (unpaired) electrons. The number of carbonyl (C=O) groups is 1. The van der Waals surface area contributed by atoms with Crippen molar-refractivity contribution in [2.75, 3.05) is 12.0 Å². The quantitative estimate of drug-likeness (QED) is 0.273. The Hall–Kier alpha value is -0.508. The van der Waals surface area contributed by atoms with Crippen LogP contribution in [0.25, 0.3) is 0 Å². The molecule has 0 aromatic heterocycles. The summed E-state index contributed by atoms with van der Waals surface area (Å²) in [6.45, 7) is 1.41. The summed E-state index contributed by atoms with van der Waals surface area (Å²) in [6, 6.07) is 3.39. The second-order valence-electron chi connectivity index (χ2n) is 4.56. The van der Waals surface area contributed by atoms with Crippen LogP contribution in [0.3, 0.4) is 0 Å². The number of alkyl halides is 2. The monoisotopic (exact) mass is 565 g/mol. The normalized spacial score (nSPS) is 13.5. The van der Waals surface area contributed by atoms with Gasteiger partial charge < -0.3 is 0 Å². The summed E-state index contributed by atoms with van der Waals surface area (Å²) in [5.41, 5.74) is 0. The Morgan fingerprint density at radius 2 is 2.08 bits per heavy atom. The van der Waals surface area contributed by atoms with Crippen LogP contribution in [0, 0.1) is 11.8 Å². The summed E-state index contributed by atoms with van der Waals surface area (Å²) in [5, 5.41) is 11.5. The fourth-order valence-electron chi connectivity index (χ4n) is 1.71. The molecule has 0 saturated heterocycles. The van der Waals surface area contributed by atoms with Crippen molar-refractivity contribution in [2.24, 2.45) is 0 Å². The van der Waals surface area contributed by atoms with E-state index in [1.54, 1.807) is 12.1 Å². The predicted molar refractivity (Wildman–Crippen MR) is 93.8 cm³/mol. The summed E-state index contributed by atoms with van der Waals surface area (Å²) >= 11 is 2.00. The van der Waals surface area contributed by atoms with Gasteiger partial charge in [-0.25, -0.2) is 0 Å². The molecule has 0 aliphatic heterocycles. The molecule has 2 atom stereocenters. The van der Waals surface area contributed by atoms with Crippen molar-refractivity contribution >= 4 is 50.3 Å². The molecule has 24 heavy (non-hydrogen) atoms. The van der Waals surface area contributed by atoms with E-state index < -0.39 is 24.2 Å². The minimum atomic E-state index is -3.67.